The van der Waals surface area contributed by atoms with Crippen LogP contribution in [0.5, 0.6) is 0 Å². The number of thiophene rings is 1. The lowest BCUT2D eigenvalue weighted by atomic mass is 10.1. The molecule has 3 aromatic rings. The number of aryl methyl sites for hydroxylation is 1. The first-order chi connectivity index (χ1) is 15.7. The summed E-state index contributed by atoms with van der Waals surface area (Å²) in [6.07, 6.45) is 0.326. The van der Waals surface area contributed by atoms with Crippen molar-refractivity contribution in [2.24, 2.45) is 0 Å². The second-order valence-corrected chi connectivity index (χ2v) is 10.4. The molecule has 1 aromatic heterocycles. The summed E-state index contributed by atoms with van der Waals surface area (Å²) in [6, 6.07) is 13.8. The molecule has 0 aliphatic heterocycles. The van der Waals surface area contributed by atoms with Gasteiger partial charge < -0.3 is 10.4 Å². The van der Waals surface area contributed by atoms with Gasteiger partial charge in [-0.3, -0.25) is 9.59 Å². The molecule has 0 spiro atoms. The number of halogens is 1. The van der Waals surface area contributed by atoms with Gasteiger partial charge in [0.25, 0.3) is 5.91 Å². The molecule has 33 heavy (non-hydrogen) atoms. The Bertz CT molecular complexity index is 1220. The van der Waals surface area contributed by atoms with Crippen molar-refractivity contribution < 1.29 is 23.1 Å². The number of amides is 1. The van der Waals surface area contributed by atoms with Crippen molar-refractivity contribution in [2.75, 3.05) is 6.54 Å². The van der Waals surface area contributed by atoms with Crippen LogP contribution in [-0.2, 0) is 14.8 Å². The number of carbonyl (C=O) groups is 2. The summed E-state index contributed by atoms with van der Waals surface area (Å²) in [5, 5.41) is 14.6. The number of carboxylic acid groups (broad SMARTS) is 1. The molecule has 174 valence electrons. The van der Waals surface area contributed by atoms with Gasteiger partial charge in [0.1, 0.15) is 6.04 Å². The average Bonchev–Trinajstić information content (AvgIpc) is 3.22. The SMILES string of the molecule is Cc1ccsc1C(=O)NCCC[C@H](NS(=O)(=O)c1ccc(-c2ccc(Cl)cc2)cc1)C(=O)O. The number of benzene rings is 2. The molecule has 1 amide bonds. The third-order valence-corrected chi connectivity index (χ3v) is 7.72. The largest absolute Gasteiger partial charge is 0.480 e. The standard InChI is InChI=1S/C23H23ClN2O5S2/c1-15-12-14-32-21(15)22(27)25-13-2-3-20(23(28)29)26-33(30,31)19-10-6-17(7-11-19)16-4-8-18(24)9-5-16/h4-12,14,20,26H,2-3,13H2,1H3,(H,25,27)(H,28,29)/t20-/m0/s1. The maximum Gasteiger partial charge on any atom is 0.321 e. The third kappa shape index (κ3) is 6.64. The van der Waals surface area contributed by atoms with Crippen LogP contribution in [0.4, 0.5) is 0 Å². The first kappa shape index (κ1) is 24.9. The molecule has 2 aromatic carbocycles. The summed E-state index contributed by atoms with van der Waals surface area (Å²) < 4.78 is 27.7. The minimum Gasteiger partial charge on any atom is -0.480 e. The molecule has 7 nitrogen and oxygen atoms in total. The van der Waals surface area contributed by atoms with Crippen molar-refractivity contribution in [2.45, 2.75) is 30.7 Å². The van der Waals surface area contributed by atoms with E-state index >= 15 is 0 Å². The van der Waals surface area contributed by atoms with Gasteiger partial charge in [0.05, 0.1) is 9.77 Å². The number of hydrogen-bond acceptors (Lipinski definition) is 5. The summed E-state index contributed by atoms with van der Waals surface area (Å²) in [7, 11) is -4.04. The topological polar surface area (TPSA) is 113 Å². The predicted octanol–water partition coefficient (Wildman–Crippen LogP) is 4.32. The van der Waals surface area contributed by atoms with Gasteiger partial charge >= 0.3 is 5.97 Å². The minimum atomic E-state index is -4.04. The summed E-state index contributed by atoms with van der Waals surface area (Å²) >= 11 is 7.22. The van der Waals surface area contributed by atoms with Gasteiger partial charge in [0.15, 0.2) is 0 Å². The molecule has 0 fully saturated rings. The molecule has 1 heterocycles. The molecule has 0 unspecified atom stereocenters. The zero-order valence-electron chi connectivity index (χ0n) is 17.7. The summed E-state index contributed by atoms with van der Waals surface area (Å²) in [4.78, 5) is 24.3. The van der Waals surface area contributed by atoms with Crippen LogP contribution in [0.3, 0.4) is 0 Å². The number of carboxylic acids is 1. The molecule has 0 saturated carbocycles. The van der Waals surface area contributed by atoms with Crippen LogP contribution < -0.4 is 10.0 Å². The molecule has 1 atom stereocenters. The Morgan fingerprint density at radius 3 is 2.18 bits per heavy atom. The lowest BCUT2D eigenvalue weighted by molar-refractivity contribution is -0.139. The summed E-state index contributed by atoms with van der Waals surface area (Å²) in [6.45, 7) is 2.07. The third-order valence-electron chi connectivity index (χ3n) is 4.96. The van der Waals surface area contributed by atoms with Crippen molar-refractivity contribution in [3.05, 3.63) is 75.4 Å². The first-order valence-corrected chi connectivity index (χ1v) is 12.8. The van der Waals surface area contributed by atoms with Crippen LogP contribution in [0.25, 0.3) is 11.1 Å². The Labute approximate surface area is 201 Å². The minimum absolute atomic E-state index is 0.0289. The van der Waals surface area contributed by atoms with Crippen molar-refractivity contribution in [3.8, 4) is 11.1 Å². The number of hydrogen-bond donors (Lipinski definition) is 3. The van der Waals surface area contributed by atoms with Crippen molar-refractivity contribution in [3.63, 3.8) is 0 Å². The Morgan fingerprint density at radius 2 is 1.64 bits per heavy atom. The molecular weight excluding hydrogens is 484 g/mol. The molecule has 10 heteroatoms. The number of carbonyl (C=O) groups excluding carboxylic acids is 1. The first-order valence-electron chi connectivity index (χ1n) is 10.1. The molecule has 0 aliphatic carbocycles. The van der Waals surface area contributed by atoms with E-state index in [9.17, 15) is 23.1 Å². The zero-order chi connectivity index (χ0) is 24.0. The van der Waals surface area contributed by atoms with Crippen LogP contribution in [0.2, 0.25) is 5.02 Å². The maximum absolute atomic E-state index is 12.7. The van der Waals surface area contributed by atoms with E-state index in [2.05, 4.69) is 10.0 Å². The van der Waals surface area contributed by atoms with E-state index in [1.165, 1.54) is 23.5 Å². The van der Waals surface area contributed by atoms with Gasteiger partial charge in [-0.15, -0.1) is 11.3 Å². The predicted molar refractivity (Wildman–Crippen MR) is 129 cm³/mol. The molecule has 0 saturated heterocycles. The number of nitrogens with one attached hydrogen (secondary N) is 2. The molecule has 0 aliphatic rings. The van der Waals surface area contributed by atoms with Gasteiger partial charge in [-0.2, -0.15) is 4.72 Å². The number of aliphatic carboxylic acids is 1. The van der Waals surface area contributed by atoms with Gasteiger partial charge in [0.2, 0.25) is 10.0 Å². The fourth-order valence-corrected chi connectivity index (χ4v) is 5.34. The summed E-state index contributed by atoms with van der Waals surface area (Å²) in [5.74, 6) is -1.51. The van der Waals surface area contributed by atoms with Crippen LogP contribution in [-0.4, -0.2) is 38.0 Å². The highest BCUT2D eigenvalue weighted by molar-refractivity contribution is 7.89. The molecule has 3 N–H and O–H groups in total. The van der Waals surface area contributed by atoms with E-state index in [-0.39, 0.29) is 23.8 Å². The zero-order valence-corrected chi connectivity index (χ0v) is 20.1. The fourth-order valence-electron chi connectivity index (χ4n) is 3.15. The Kier molecular flexibility index (Phi) is 8.25. The van der Waals surface area contributed by atoms with Crippen LogP contribution in [0.1, 0.15) is 28.1 Å². The summed E-state index contributed by atoms with van der Waals surface area (Å²) in [5.41, 5.74) is 2.55. The van der Waals surface area contributed by atoms with Crippen molar-refractivity contribution >= 4 is 44.8 Å². The second-order valence-electron chi connectivity index (χ2n) is 7.37. The lowest BCUT2D eigenvalue weighted by Gasteiger charge is -2.15. The fraction of sp³-hybridized carbons (Fsp3) is 0.217. The van der Waals surface area contributed by atoms with Gasteiger partial charge in [-0.1, -0.05) is 35.9 Å². The molecule has 0 radical (unpaired) electrons. The van der Waals surface area contributed by atoms with Crippen LogP contribution >= 0.6 is 22.9 Å². The van der Waals surface area contributed by atoms with E-state index in [1.54, 1.807) is 24.3 Å². The quantitative estimate of drug-likeness (QED) is 0.354. The van der Waals surface area contributed by atoms with Gasteiger partial charge in [0, 0.05) is 11.6 Å². The van der Waals surface area contributed by atoms with E-state index in [0.717, 1.165) is 16.7 Å². The van der Waals surface area contributed by atoms with E-state index in [0.29, 0.717) is 16.3 Å². The lowest BCUT2D eigenvalue weighted by Crippen LogP contribution is -2.41. The average molecular weight is 507 g/mol. The van der Waals surface area contributed by atoms with Crippen LogP contribution in [0, 0.1) is 6.92 Å². The van der Waals surface area contributed by atoms with E-state index in [1.807, 2.05) is 30.5 Å². The monoisotopic (exact) mass is 506 g/mol. The smallest absolute Gasteiger partial charge is 0.321 e. The number of rotatable bonds is 10. The van der Waals surface area contributed by atoms with Gasteiger partial charge in [-0.05, 0) is 72.2 Å². The normalized spacial score (nSPS) is 12.3. The van der Waals surface area contributed by atoms with E-state index < -0.39 is 22.0 Å². The maximum atomic E-state index is 12.7. The van der Waals surface area contributed by atoms with Crippen molar-refractivity contribution in [1.82, 2.24) is 10.0 Å². The highest BCUT2D eigenvalue weighted by Crippen LogP contribution is 2.23. The Hall–Kier alpha value is -2.72. The Balaban J connectivity index is 1.58. The van der Waals surface area contributed by atoms with Crippen molar-refractivity contribution in [1.29, 1.82) is 0 Å². The Morgan fingerprint density at radius 1 is 1.03 bits per heavy atom. The second kappa shape index (κ2) is 10.9. The molecule has 0 bridgehead atoms. The van der Waals surface area contributed by atoms with Crippen LogP contribution in [0.15, 0.2) is 64.9 Å². The molecule has 3 rings (SSSR count). The number of sulfonamides is 1. The van der Waals surface area contributed by atoms with E-state index in [4.69, 9.17) is 11.6 Å². The highest BCUT2D eigenvalue weighted by Gasteiger charge is 2.25. The highest BCUT2D eigenvalue weighted by atomic mass is 35.5. The molecular formula is C23H23ClN2O5S2. The van der Waals surface area contributed by atoms with Gasteiger partial charge in [-0.25, -0.2) is 8.42 Å².